The maximum absolute atomic E-state index is 12.2. The van der Waals surface area contributed by atoms with Gasteiger partial charge >= 0.3 is 5.51 Å². The molecule has 0 saturated carbocycles. The minimum absolute atomic E-state index is 0.0838. The summed E-state index contributed by atoms with van der Waals surface area (Å²) in [5.74, 6) is -0.325. The zero-order valence-corrected chi connectivity index (χ0v) is 11.7. The average Bonchev–Trinajstić information content (AvgIpc) is 2.66. The SMILES string of the molecule is CC1NC(c2ccccc2)C(=O)N1CCSC(F)(F)F. The van der Waals surface area contributed by atoms with Crippen LogP contribution in [0.1, 0.15) is 18.5 Å². The molecule has 7 heteroatoms. The van der Waals surface area contributed by atoms with Crippen molar-refractivity contribution in [2.45, 2.75) is 24.6 Å². The van der Waals surface area contributed by atoms with Crippen LogP contribution in [0.15, 0.2) is 30.3 Å². The quantitative estimate of drug-likeness (QED) is 0.928. The fourth-order valence-electron chi connectivity index (χ4n) is 2.21. The minimum Gasteiger partial charge on any atom is -0.325 e. The van der Waals surface area contributed by atoms with Gasteiger partial charge in [0, 0.05) is 12.3 Å². The summed E-state index contributed by atoms with van der Waals surface area (Å²) < 4.78 is 36.3. The van der Waals surface area contributed by atoms with Gasteiger partial charge in [0.15, 0.2) is 0 Å². The molecule has 1 saturated heterocycles. The summed E-state index contributed by atoms with van der Waals surface area (Å²) in [6, 6.07) is 8.70. The number of nitrogens with one attached hydrogen (secondary N) is 1. The Morgan fingerprint density at radius 1 is 1.30 bits per heavy atom. The molecule has 20 heavy (non-hydrogen) atoms. The molecule has 0 aliphatic carbocycles. The van der Waals surface area contributed by atoms with Gasteiger partial charge in [0.05, 0.1) is 6.17 Å². The Morgan fingerprint density at radius 3 is 2.55 bits per heavy atom. The van der Waals surface area contributed by atoms with Crippen molar-refractivity contribution in [1.29, 1.82) is 0 Å². The molecule has 1 heterocycles. The third kappa shape index (κ3) is 3.67. The summed E-state index contributed by atoms with van der Waals surface area (Å²) >= 11 is -0.100. The molecule has 110 valence electrons. The van der Waals surface area contributed by atoms with Crippen LogP contribution in [-0.4, -0.2) is 34.8 Å². The van der Waals surface area contributed by atoms with E-state index in [1.54, 1.807) is 6.92 Å². The van der Waals surface area contributed by atoms with Gasteiger partial charge in [-0.3, -0.25) is 10.1 Å². The molecule has 1 aromatic rings. The first-order valence-electron chi connectivity index (χ1n) is 6.20. The Balaban J connectivity index is 1.97. The van der Waals surface area contributed by atoms with Gasteiger partial charge in [-0.1, -0.05) is 30.3 Å². The lowest BCUT2D eigenvalue weighted by Gasteiger charge is -2.20. The third-order valence-electron chi connectivity index (χ3n) is 3.14. The molecule has 0 bridgehead atoms. The van der Waals surface area contributed by atoms with Crippen molar-refractivity contribution in [2.24, 2.45) is 0 Å². The molecule has 1 fully saturated rings. The number of hydrogen-bond acceptors (Lipinski definition) is 3. The van der Waals surface area contributed by atoms with E-state index in [1.807, 2.05) is 30.3 Å². The molecule has 0 aromatic heterocycles. The highest BCUT2D eigenvalue weighted by molar-refractivity contribution is 8.00. The van der Waals surface area contributed by atoms with Gasteiger partial charge in [0.2, 0.25) is 5.91 Å². The molecule has 0 radical (unpaired) electrons. The van der Waals surface area contributed by atoms with Crippen LogP contribution in [0, 0.1) is 0 Å². The van der Waals surface area contributed by atoms with Crippen molar-refractivity contribution in [3.8, 4) is 0 Å². The Bertz CT molecular complexity index is 466. The predicted octanol–water partition coefficient (Wildman–Crippen LogP) is 2.76. The second-order valence-corrected chi connectivity index (χ2v) is 5.67. The lowest BCUT2D eigenvalue weighted by Crippen LogP contribution is -2.36. The fraction of sp³-hybridized carbons (Fsp3) is 0.462. The number of hydrogen-bond donors (Lipinski definition) is 1. The number of rotatable bonds is 4. The molecule has 1 aromatic carbocycles. The van der Waals surface area contributed by atoms with Crippen LogP contribution in [0.25, 0.3) is 0 Å². The summed E-state index contributed by atoms with van der Waals surface area (Å²) in [4.78, 5) is 13.7. The van der Waals surface area contributed by atoms with E-state index in [0.717, 1.165) is 5.56 Å². The van der Waals surface area contributed by atoms with Crippen molar-refractivity contribution >= 4 is 17.7 Å². The fourth-order valence-corrected chi connectivity index (χ4v) is 2.73. The molecule has 1 amide bonds. The first-order valence-corrected chi connectivity index (χ1v) is 7.19. The molecule has 2 unspecified atom stereocenters. The lowest BCUT2D eigenvalue weighted by molar-refractivity contribution is -0.129. The summed E-state index contributed by atoms with van der Waals surface area (Å²) in [6.07, 6.45) is -0.262. The van der Waals surface area contributed by atoms with Crippen LogP contribution in [0.5, 0.6) is 0 Å². The van der Waals surface area contributed by atoms with Gasteiger partial charge in [0.25, 0.3) is 0 Å². The van der Waals surface area contributed by atoms with Gasteiger partial charge in [-0.2, -0.15) is 13.2 Å². The molecule has 1 N–H and O–H groups in total. The number of benzene rings is 1. The summed E-state index contributed by atoms with van der Waals surface area (Å²) in [7, 11) is 0. The number of amides is 1. The third-order valence-corrected chi connectivity index (χ3v) is 3.85. The lowest BCUT2D eigenvalue weighted by atomic mass is 10.1. The Hall–Kier alpha value is -1.21. The number of carbonyl (C=O) groups excluding carboxylic acids is 1. The highest BCUT2D eigenvalue weighted by atomic mass is 32.2. The number of thioether (sulfide) groups is 1. The monoisotopic (exact) mass is 304 g/mol. The van der Waals surface area contributed by atoms with Crippen LogP contribution in [0.3, 0.4) is 0 Å². The molecule has 2 atom stereocenters. The maximum Gasteiger partial charge on any atom is 0.441 e. The number of nitrogens with zero attached hydrogens (tertiary/aromatic N) is 1. The maximum atomic E-state index is 12.2. The smallest absolute Gasteiger partial charge is 0.325 e. The van der Waals surface area contributed by atoms with E-state index in [9.17, 15) is 18.0 Å². The Kier molecular flexibility index (Phi) is 4.59. The van der Waals surface area contributed by atoms with E-state index in [1.165, 1.54) is 4.90 Å². The molecule has 1 aliphatic rings. The van der Waals surface area contributed by atoms with E-state index in [0.29, 0.717) is 0 Å². The Morgan fingerprint density at radius 2 is 1.95 bits per heavy atom. The van der Waals surface area contributed by atoms with Crippen molar-refractivity contribution in [2.75, 3.05) is 12.3 Å². The second-order valence-electron chi connectivity index (χ2n) is 4.51. The largest absolute Gasteiger partial charge is 0.441 e. The average molecular weight is 304 g/mol. The zero-order chi connectivity index (χ0) is 14.8. The predicted molar refractivity (Wildman–Crippen MR) is 72.0 cm³/mol. The Labute approximate surface area is 119 Å². The first-order chi connectivity index (χ1) is 9.38. The van der Waals surface area contributed by atoms with Gasteiger partial charge < -0.3 is 4.90 Å². The van der Waals surface area contributed by atoms with Gasteiger partial charge in [-0.25, -0.2) is 0 Å². The van der Waals surface area contributed by atoms with Gasteiger partial charge in [0.1, 0.15) is 6.04 Å². The van der Waals surface area contributed by atoms with E-state index in [-0.39, 0.29) is 36.1 Å². The summed E-state index contributed by atoms with van der Waals surface area (Å²) in [5.41, 5.74) is -3.42. The molecule has 2 rings (SSSR count). The highest BCUT2D eigenvalue weighted by Crippen LogP contribution is 2.31. The number of halogens is 3. The molecular formula is C13H15F3N2OS. The van der Waals surface area contributed by atoms with Crippen molar-refractivity contribution in [1.82, 2.24) is 10.2 Å². The van der Waals surface area contributed by atoms with E-state index in [4.69, 9.17) is 0 Å². The number of alkyl halides is 3. The standard InChI is InChI=1S/C13H15F3N2OS/c1-9-17-11(10-5-3-2-4-6-10)12(19)18(9)7-8-20-13(14,15)16/h2-6,9,11,17H,7-8H2,1H3. The van der Waals surface area contributed by atoms with Crippen LogP contribution in [0.4, 0.5) is 13.2 Å². The minimum atomic E-state index is -4.25. The topological polar surface area (TPSA) is 32.3 Å². The molecule has 3 nitrogen and oxygen atoms in total. The second kappa shape index (κ2) is 6.05. The first kappa shape index (κ1) is 15.2. The van der Waals surface area contributed by atoms with Gasteiger partial charge in [-0.15, -0.1) is 0 Å². The van der Waals surface area contributed by atoms with Crippen LogP contribution in [0.2, 0.25) is 0 Å². The van der Waals surface area contributed by atoms with E-state index >= 15 is 0 Å². The molecular weight excluding hydrogens is 289 g/mol. The van der Waals surface area contributed by atoms with E-state index in [2.05, 4.69) is 5.32 Å². The van der Waals surface area contributed by atoms with Gasteiger partial charge in [-0.05, 0) is 24.2 Å². The highest BCUT2D eigenvalue weighted by Gasteiger charge is 2.37. The number of carbonyl (C=O) groups is 1. The van der Waals surface area contributed by atoms with Crippen molar-refractivity contribution in [3.05, 3.63) is 35.9 Å². The van der Waals surface area contributed by atoms with Crippen molar-refractivity contribution in [3.63, 3.8) is 0 Å². The van der Waals surface area contributed by atoms with Crippen LogP contribution >= 0.6 is 11.8 Å². The molecule has 0 spiro atoms. The zero-order valence-electron chi connectivity index (χ0n) is 10.9. The van der Waals surface area contributed by atoms with Crippen LogP contribution in [-0.2, 0) is 4.79 Å². The van der Waals surface area contributed by atoms with Crippen molar-refractivity contribution < 1.29 is 18.0 Å². The van der Waals surface area contributed by atoms with Crippen LogP contribution < -0.4 is 5.32 Å². The normalized spacial score (nSPS) is 23.4. The van der Waals surface area contributed by atoms with E-state index < -0.39 is 11.6 Å². The molecule has 1 aliphatic heterocycles. The summed E-state index contributed by atoms with van der Waals surface area (Å²) in [6.45, 7) is 1.86. The summed E-state index contributed by atoms with van der Waals surface area (Å²) in [5, 5.41) is 3.10.